The van der Waals surface area contributed by atoms with E-state index < -0.39 is 0 Å². The van der Waals surface area contributed by atoms with Crippen LogP contribution in [0.5, 0.6) is 5.75 Å². The van der Waals surface area contributed by atoms with E-state index in [1.54, 1.807) is 23.4 Å². The summed E-state index contributed by atoms with van der Waals surface area (Å²) in [7, 11) is 0. The van der Waals surface area contributed by atoms with Gasteiger partial charge in [-0.15, -0.1) is 10.2 Å². The van der Waals surface area contributed by atoms with Gasteiger partial charge < -0.3 is 10.2 Å². The average Bonchev–Trinajstić information content (AvgIpc) is 3.08. The summed E-state index contributed by atoms with van der Waals surface area (Å²) in [5.74, 6) is 0.805. The van der Waals surface area contributed by atoms with Gasteiger partial charge in [0.05, 0.1) is 16.6 Å². The summed E-state index contributed by atoms with van der Waals surface area (Å²) >= 11 is 11.9. The fourth-order valence-electron chi connectivity index (χ4n) is 2.04. The van der Waals surface area contributed by atoms with Crippen molar-refractivity contribution in [1.29, 1.82) is 0 Å². The minimum atomic E-state index is 0.417. The molecule has 7 heteroatoms. The molecule has 0 atom stereocenters. The number of ether oxygens (including phenoxy) is 1. The minimum Gasteiger partial charge on any atom is -0.489 e. The van der Waals surface area contributed by atoms with Gasteiger partial charge in [0.2, 0.25) is 0 Å². The van der Waals surface area contributed by atoms with E-state index in [1.807, 2.05) is 36.4 Å². The molecule has 0 unspecified atom stereocenters. The molecule has 0 fully saturated rings. The van der Waals surface area contributed by atoms with Crippen LogP contribution in [0.4, 0.5) is 0 Å². The molecule has 3 aromatic rings. The minimum absolute atomic E-state index is 0.417. The summed E-state index contributed by atoms with van der Waals surface area (Å²) in [6, 6.07) is 13.3. The highest BCUT2D eigenvalue weighted by Crippen LogP contribution is 2.24. The molecule has 5 nitrogen and oxygen atoms in total. The second kappa shape index (κ2) is 7.35. The van der Waals surface area contributed by atoms with Crippen LogP contribution >= 0.6 is 23.2 Å². The van der Waals surface area contributed by atoms with Crippen molar-refractivity contribution in [2.75, 3.05) is 5.43 Å². The first kappa shape index (κ1) is 15.6. The summed E-state index contributed by atoms with van der Waals surface area (Å²) in [5.41, 5.74) is 5.16. The zero-order valence-corrected chi connectivity index (χ0v) is 13.6. The standard InChI is InChI=1S/C16H14Cl2N4O/c17-14-6-5-12(7-15(14)18)9-23-16-4-2-1-3-13(16)8-21-22-10-19-20-11-22/h1-7,10-11,21H,8-9H2. The molecule has 0 bridgehead atoms. The largest absolute Gasteiger partial charge is 0.489 e. The van der Waals surface area contributed by atoms with Gasteiger partial charge in [-0.25, -0.2) is 4.68 Å². The van der Waals surface area contributed by atoms with Crippen LogP contribution in [0.25, 0.3) is 0 Å². The maximum absolute atomic E-state index is 6.02. The lowest BCUT2D eigenvalue weighted by molar-refractivity contribution is 0.303. The Labute approximate surface area is 143 Å². The Kier molecular flexibility index (Phi) is 5.00. The first-order chi connectivity index (χ1) is 11.2. The second-order valence-corrected chi connectivity index (χ2v) is 5.66. The number of nitrogens with one attached hydrogen (secondary N) is 1. The number of benzene rings is 2. The first-order valence-electron chi connectivity index (χ1n) is 6.95. The van der Waals surface area contributed by atoms with Crippen molar-refractivity contribution in [3.63, 3.8) is 0 Å². The summed E-state index contributed by atoms with van der Waals surface area (Å²) in [6.07, 6.45) is 3.19. The number of nitrogens with zero attached hydrogens (tertiary/aromatic N) is 3. The molecular formula is C16H14Cl2N4O. The van der Waals surface area contributed by atoms with E-state index in [4.69, 9.17) is 27.9 Å². The maximum Gasteiger partial charge on any atom is 0.138 e. The molecule has 0 saturated heterocycles. The van der Waals surface area contributed by atoms with Gasteiger partial charge in [0.25, 0.3) is 0 Å². The Bertz CT molecular complexity index is 778. The molecule has 0 aliphatic heterocycles. The van der Waals surface area contributed by atoms with E-state index in [2.05, 4.69) is 15.6 Å². The van der Waals surface area contributed by atoms with Crippen molar-refractivity contribution in [1.82, 2.24) is 14.9 Å². The van der Waals surface area contributed by atoms with Crippen molar-refractivity contribution in [3.8, 4) is 5.75 Å². The lowest BCUT2D eigenvalue weighted by Crippen LogP contribution is -2.13. The molecule has 118 valence electrons. The van der Waals surface area contributed by atoms with Crippen molar-refractivity contribution in [3.05, 3.63) is 76.3 Å². The molecule has 23 heavy (non-hydrogen) atoms. The van der Waals surface area contributed by atoms with E-state index in [0.717, 1.165) is 16.9 Å². The molecule has 0 amide bonds. The van der Waals surface area contributed by atoms with E-state index >= 15 is 0 Å². The van der Waals surface area contributed by atoms with Gasteiger partial charge in [0.15, 0.2) is 0 Å². The third-order valence-electron chi connectivity index (χ3n) is 3.22. The number of halogens is 2. The summed E-state index contributed by atoms with van der Waals surface area (Å²) < 4.78 is 7.60. The first-order valence-corrected chi connectivity index (χ1v) is 7.71. The molecular weight excluding hydrogens is 335 g/mol. The summed E-state index contributed by atoms with van der Waals surface area (Å²) in [4.78, 5) is 0. The van der Waals surface area contributed by atoms with Gasteiger partial charge >= 0.3 is 0 Å². The Balaban J connectivity index is 1.66. The van der Waals surface area contributed by atoms with Crippen molar-refractivity contribution >= 4 is 23.2 Å². The highest BCUT2D eigenvalue weighted by atomic mass is 35.5. The molecule has 0 aliphatic rings. The quantitative estimate of drug-likeness (QED) is 0.733. The monoisotopic (exact) mass is 348 g/mol. The molecule has 1 heterocycles. The molecule has 0 saturated carbocycles. The van der Waals surface area contributed by atoms with Gasteiger partial charge in [0.1, 0.15) is 25.0 Å². The topological polar surface area (TPSA) is 52.0 Å². The fourth-order valence-corrected chi connectivity index (χ4v) is 2.36. The van der Waals surface area contributed by atoms with Crippen LogP contribution < -0.4 is 10.2 Å². The third kappa shape index (κ3) is 4.15. The van der Waals surface area contributed by atoms with Gasteiger partial charge in [-0.05, 0) is 23.8 Å². The number of rotatable bonds is 6. The Morgan fingerprint density at radius 2 is 1.78 bits per heavy atom. The van der Waals surface area contributed by atoms with Crippen LogP contribution in [0.2, 0.25) is 10.0 Å². The van der Waals surface area contributed by atoms with Crippen LogP contribution in [0.3, 0.4) is 0 Å². The zero-order valence-electron chi connectivity index (χ0n) is 12.1. The third-order valence-corrected chi connectivity index (χ3v) is 3.96. The van der Waals surface area contributed by atoms with Crippen LogP contribution in [0.15, 0.2) is 55.1 Å². The molecule has 1 aromatic heterocycles. The number of para-hydroxylation sites is 1. The highest BCUT2D eigenvalue weighted by molar-refractivity contribution is 6.42. The number of hydrogen-bond acceptors (Lipinski definition) is 4. The predicted octanol–water partition coefficient (Wildman–Crippen LogP) is 3.91. The van der Waals surface area contributed by atoms with Crippen LogP contribution in [0.1, 0.15) is 11.1 Å². The lowest BCUT2D eigenvalue weighted by atomic mass is 10.2. The molecule has 0 radical (unpaired) electrons. The molecule has 1 N–H and O–H groups in total. The van der Waals surface area contributed by atoms with E-state index in [1.165, 1.54) is 0 Å². The van der Waals surface area contributed by atoms with Crippen molar-refractivity contribution < 1.29 is 4.74 Å². The molecule has 2 aromatic carbocycles. The number of aromatic nitrogens is 3. The Morgan fingerprint density at radius 3 is 2.57 bits per heavy atom. The fraction of sp³-hybridized carbons (Fsp3) is 0.125. The predicted molar refractivity (Wildman–Crippen MR) is 90.3 cm³/mol. The lowest BCUT2D eigenvalue weighted by Gasteiger charge is -2.13. The average molecular weight is 349 g/mol. The SMILES string of the molecule is Clc1ccc(COc2ccccc2CNn2cnnc2)cc1Cl. The van der Waals surface area contributed by atoms with Gasteiger partial charge in [-0.2, -0.15) is 0 Å². The van der Waals surface area contributed by atoms with E-state index in [0.29, 0.717) is 23.2 Å². The second-order valence-electron chi connectivity index (χ2n) is 4.85. The molecule has 0 spiro atoms. The Morgan fingerprint density at radius 1 is 1.00 bits per heavy atom. The van der Waals surface area contributed by atoms with E-state index in [9.17, 15) is 0 Å². The van der Waals surface area contributed by atoms with Crippen LogP contribution in [-0.4, -0.2) is 14.9 Å². The van der Waals surface area contributed by atoms with Crippen LogP contribution in [-0.2, 0) is 13.2 Å². The zero-order chi connectivity index (χ0) is 16.1. The van der Waals surface area contributed by atoms with E-state index in [-0.39, 0.29) is 0 Å². The molecule has 3 rings (SSSR count). The van der Waals surface area contributed by atoms with Gasteiger partial charge in [-0.1, -0.05) is 47.5 Å². The van der Waals surface area contributed by atoms with Gasteiger partial charge in [-0.3, -0.25) is 0 Å². The van der Waals surface area contributed by atoms with Crippen molar-refractivity contribution in [2.45, 2.75) is 13.2 Å². The van der Waals surface area contributed by atoms with Crippen molar-refractivity contribution in [2.24, 2.45) is 0 Å². The highest BCUT2D eigenvalue weighted by Gasteiger charge is 2.05. The summed E-state index contributed by atoms with van der Waals surface area (Å²) in [5, 5.41) is 8.55. The summed E-state index contributed by atoms with van der Waals surface area (Å²) in [6.45, 7) is 1.01. The normalized spacial score (nSPS) is 10.5. The van der Waals surface area contributed by atoms with Crippen LogP contribution in [0, 0.1) is 0 Å². The number of hydrogen-bond donors (Lipinski definition) is 1. The maximum atomic E-state index is 6.02. The van der Waals surface area contributed by atoms with Gasteiger partial charge in [0, 0.05) is 5.56 Å². The Hall–Kier alpha value is -2.24. The molecule has 0 aliphatic carbocycles. The smallest absolute Gasteiger partial charge is 0.138 e.